The third-order valence-corrected chi connectivity index (χ3v) is 6.47. The second-order valence-electron chi connectivity index (χ2n) is 7.21. The Hall–Kier alpha value is -3.45. The fourth-order valence-electron chi connectivity index (χ4n) is 3.14. The molecule has 0 aliphatic carbocycles. The van der Waals surface area contributed by atoms with Crippen molar-refractivity contribution in [3.8, 4) is 11.5 Å². The Morgan fingerprint density at radius 3 is 2.69 bits per heavy atom. The molecule has 0 unspecified atom stereocenters. The Balaban J connectivity index is 1.52. The second kappa shape index (κ2) is 10.9. The van der Waals surface area contributed by atoms with E-state index in [0.717, 1.165) is 9.13 Å². The summed E-state index contributed by atoms with van der Waals surface area (Å²) in [5, 5.41) is 14.1. The molecule has 1 aliphatic rings. The van der Waals surface area contributed by atoms with Gasteiger partial charge in [0.05, 0.1) is 26.2 Å². The molecular formula is C24H17FIN3O5S. The normalized spacial score (nSPS) is 15.3. The molecule has 0 aromatic heterocycles. The number of rotatable bonds is 7. The van der Waals surface area contributed by atoms with Gasteiger partial charge in [-0.15, -0.1) is 0 Å². The first-order valence-corrected chi connectivity index (χ1v) is 12.0. The summed E-state index contributed by atoms with van der Waals surface area (Å²) in [6, 6.07) is 15.4. The molecule has 1 N–H and O–H groups in total. The SMILES string of the molecule is COc1cc(/C=C2/SC(=Nc3ccc(F)cc3)NC2=O)cc(I)c1OCc1cccc([N+](=O)[O-])c1. The van der Waals surface area contributed by atoms with Gasteiger partial charge in [0, 0.05) is 12.1 Å². The number of nitro groups is 1. The summed E-state index contributed by atoms with van der Waals surface area (Å²) in [7, 11) is 1.51. The van der Waals surface area contributed by atoms with Gasteiger partial charge < -0.3 is 14.8 Å². The summed E-state index contributed by atoms with van der Waals surface area (Å²) in [6.45, 7) is 0.121. The zero-order chi connectivity index (χ0) is 24.9. The van der Waals surface area contributed by atoms with Crippen LogP contribution in [0.1, 0.15) is 11.1 Å². The number of thioether (sulfide) groups is 1. The van der Waals surface area contributed by atoms with Crippen molar-refractivity contribution in [1.82, 2.24) is 5.32 Å². The molecule has 0 bridgehead atoms. The summed E-state index contributed by atoms with van der Waals surface area (Å²) < 4.78 is 25.2. The minimum Gasteiger partial charge on any atom is -0.493 e. The number of aliphatic imine (C=N–C) groups is 1. The number of amides is 1. The largest absolute Gasteiger partial charge is 0.493 e. The lowest BCUT2D eigenvalue weighted by molar-refractivity contribution is -0.384. The van der Waals surface area contributed by atoms with E-state index in [4.69, 9.17) is 9.47 Å². The standard InChI is InChI=1S/C24H17FIN3O5S/c1-33-20-11-15(10-19(26)22(20)34-13-14-3-2-4-18(9-14)29(31)32)12-21-23(30)28-24(35-21)27-17-7-5-16(25)6-8-17/h2-12H,13H2,1H3,(H,27,28,30)/b21-12+. The molecule has 0 radical (unpaired) electrons. The number of nitrogens with one attached hydrogen (secondary N) is 1. The minimum absolute atomic E-state index is 0.00980. The maximum absolute atomic E-state index is 13.1. The van der Waals surface area contributed by atoms with Gasteiger partial charge >= 0.3 is 0 Å². The summed E-state index contributed by atoms with van der Waals surface area (Å²) in [4.78, 5) is 27.7. The van der Waals surface area contributed by atoms with Crippen LogP contribution in [-0.4, -0.2) is 23.1 Å². The molecule has 3 aromatic rings. The van der Waals surface area contributed by atoms with E-state index in [0.29, 0.717) is 32.8 Å². The second-order valence-corrected chi connectivity index (χ2v) is 9.40. The minimum atomic E-state index is -0.455. The predicted molar refractivity (Wildman–Crippen MR) is 140 cm³/mol. The molecule has 3 aromatic carbocycles. The molecule has 35 heavy (non-hydrogen) atoms. The molecule has 1 aliphatic heterocycles. The van der Waals surface area contributed by atoms with E-state index in [1.165, 1.54) is 55.3 Å². The van der Waals surface area contributed by atoms with Gasteiger partial charge in [0.15, 0.2) is 16.7 Å². The first-order chi connectivity index (χ1) is 16.8. The highest BCUT2D eigenvalue weighted by Gasteiger charge is 2.24. The van der Waals surface area contributed by atoms with Gasteiger partial charge in [-0.3, -0.25) is 14.9 Å². The first kappa shape index (κ1) is 24.7. The van der Waals surface area contributed by atoms with Crippen LogP contribution in [0.3, 0.4) is 0 Å². The Morgan fingerprint density at radius 2 is 1.97 bits per heavy atom. The number of ether oxygens (including phenoxy) is 2. The summed E-state index contributed by atoms with van der Waals surface area (Å²) in [6.07, 6.45) is 1.71. The number of nitro benzene ring substituents is 1. The lowest BCUT2D eigenvalue weighted by Crippen LogP contribution is -2.19. The van der Waals surface area contributed by atoms with Gasteiger partial charge in [-0.2, -0.15) is 0 Å². The quantitative estimate of drug-likeness (QED) is 0.158. The Labute approximate surface area is 217 Å². The van der Waals surface area contributed by atoms with Gasteiger partial charge in [0.25, 0.3) is 11.6 Å². The fourth-order valence-corrected chi connectivity index (χ4v) is 4.77. The van der Waals surface area contributed by atoms with Crippen molar-refractivity contribution >= 4 is 62.9 Å². The number of amidine groups is 1. The van der Waals surface area contributed by atoms with Crippen molar-refractivity contribution in [2.75, 3.05) is 7.11 Å². The maximum atomic E-state index is 13.1. The highest BCUT2D eigenvalue weighted by molar-refractivity contribution is 14.1. The highest BCUT2D eigenvalue weighted by atomic mass is 127. The molecule has 1 heterocycles. The first-order valence-electron chi connectivity index (χ1n) is 10.1. The van der Waals surface area contributed by atoms with Crippen LogP contribution in [0.2, 0.25) is 0 Å². The van der Waals surface area contributed by atoms with Gasteiger partial charge in [0.1, 0.15) is 12.4 Å². The van der Waals surface area contributed by atoms with Crippen molar-refractivity contribution < 1.29 is 23.6 Å². The molecule has 1 amide bonds. The number of methoxy groups -OCH3 is 1. The lowest BCUT2D eigenvalue weighted by atomic mass is 10.1. The highest BCUT2D eigenvalue weighted by Crippen LogP contribution is 2.36. The van der Waals surface area contributed by atoms with E-state index < -0.39 is 4.92 Å². The summed E-state index contributed by atoms with van der Waals surface area (Å²) in [5.41, 5.74) is 1.88. The van der Waals surface area contributed by atoms with Gasteiger partial charge in [-0.1, -0.05) is 12.1 Å². The van der Waals surface area contributed by atoms with Crippen LogP contribution in [0.5, 0.6) is 11.5 Å². The third kappa shape index (κ3) is 6.17. The average Bonchev–Trinajstić information content (AvgIpc) is 3.17. The van der Waals surface area contributed by atoms with Crippen molar-refractivity contribution in [2.24, 2.45) is 4.99 Å². The molecule has 1 saturated heterocycles. The van der Waals surface area contributed by atoms with Crippen molar-refractivity contribution in [2.45, 2.75) is 6.61 Å². The number of benzene rings is 3. The van der Waals surface area contributed by atoms with E-state index in [-0.39, 0.29) is 24.0 Å². The fraction of sp³-hybridized carbons (Fsp3) is 0.0833. The zero-order valence-electron chi connectivity index (χ0n) is 18.2. The van der Waals surface area contributed by atoms with Crippen LogP contribution >= 0.6 is 34.4 Å². The summed E-state index contributed by atoms with van der Waals surface area (Å²) in [5.74, 6) is 0.288. The van der Waals surface area contributed by atoms with Crippen molar-refractivity contribution in [3.05, 3.63) is 96.2 Å². The van der Waals surface area contributed by atoms with Crippen LogP contribution in [0.4, 0.5) is 15.8 Å². The molecule has 4 rings (SSSR count). The summed E-state index contributed by atoms with van der Waals surface area (Å²) >= 11 is 3.28. The topological polar surface area (TPSA) is 103 Å². The lowest BCUT2D eigenvalue weighted by Gasteiger charge is -2.14. The van der Waals surface area contributed by atoms with Gasteiger partial charge in [0.2, 0.25) is 0 Å². The average molecular weight is 605 g/mol. The van der Waals surface area contributed by atoms with Crippen LogP contribution in [0, 0.1) is 19.5 Å². The Kier molecular flexibility index (Phi) is 7.66. The maximum Gasteiger partial charge on any atom is 0.269 e. The molecule has 0 saturated carbocycles. The molecule has 178 valence electrons. The number of halogens is 2. The van der Waals surface area contributed by atoms with Gasteiger partial charge in [-0.05, 0) is 88.0 Å². The van der Waals surface area contributed by atoms with Gasteiger partial charge in [-0.25, -0.2) is 9.38 Å². The number of nitrogens with zero attached hydrogens (tertiary/aromatic N) is 2. The smallest absolute Gasteiger partial charge is 0.269 e. The zero-order valence-corrected chi connectivity index (χ0v) is 21.1. The van der Waals surface area contributed by atoms with E-state index in [1.54, 1.807) is 24.3 Å². The number of hydrogen-bond donors (Lipinski definition) is 1. The monoisotopic (exact) mass is 605 g/mol. The van der Waals surface area contributed by atoms with E-state index in [1.807, 2.05) is 6.07 Å². The van der Waals surface area contributed by atoms with E-state index in [9.17, 15) is 19.3 Å². The molecule has 0 spiro atoms. The van der Waals surface area contributed by atoms with Crippen molar-refractivity contribution in [1.29, 1.82) is 0 Å². The van der Waals surface area contributed by atoms with Crippen LogP contribution in [0.25, 0.3) is 6.08 Å². The molecular weight excluding hydrogens is 588 g/mol. The number of non-ortho nitro benzene ring substituents is 1. The number of hydrogen-bond acceptors (Lipinski definition) is 7. The van der Waals surface area contributed by atoms with Crippen molar-refractivity contribution in [3.63, 3.8) is 0 Å². The number of carbonyl (C=O) groups excluding carboxylic acids is 1. The molecule has 1 fully saturated rings. The number of carbonyl (C=O) groups is 1. The van der Waals surface area contributed by atoms with E-state index in [2.05, 4.69) is 32.9 Å². The molecule has 8 nitrogen and oxygen atoms in total. The third-order valence-electron chi connectivity index (χ3n) is 4.76. The van der Waals surface area contributed by atoms with Crippen LogP contribution in [-0.2, 0) is 11.4 Å². The Bertz CT molecular complexity index is 1360. The molecule has 0 atom stereocenters. The molecule has 11 heteroatoms. The predicted octanol–water partition coefficient (Wildman–Crippen LogP) is 5.82. The van der Waals surface area contributed by atoms with Crippen LogP contribution < -0.4 is 14.8 Å². The van der Waals surface area contributed by atoms with Crippen LogP contribution in [0.15, 0.2) is 70.6 Å². The van der Waals surface area contributed by atoms with E-state index >= 15 is 0 Å². The Morgan fingerprint density at radius 1 is 1.20 bits per heavy atom.